The van der Waals surface area contributed by atoms with E-state index in [0.717, 1.165) is 33.3 Å². The second-order valence-electron chi connectivity index (χ2n) is 9.58. The fourth-order valence-corrected chi connectivity index (χ4v) is 5.21. The third kappa shape index (κ3) is 6.13. The summed E-state index contributed by atoms with van der Waals surface area (Å²) in [6.45, 7) is 3.37. The number of ether oxygens (including phenoxy) is 7. The number of carbonyl (C=O) groups is 4. The van der Waals surface area contributed by atoms with E-state index in [1.807, 2.05) is 6.07 Å². The monoisotopic (exact) mass is 614 g/mol. The fraction of sp³-hybridized carbons (Fsp3) is 0.345. The maximum atomic E-state index is 13.1. The largest absolute Gasteiger partial charge is 0.467 e. The van der Waals surface area contributed by atoms with Crippen molar-refractivity contribution in [2.24, 2.45) is 0 Å². The predicted octanol–water partition coefficient (Wildman–Crippen LogP) is 3.45. The van der Waals surface area contributed by atoms with Gasteiger partial charge in [0.2, 0.25) is 6.79 Å². The van der Waals surface area contributed by atoms with Crippen molar-refractivity contribution in [2.45, 2.75) is 51.4 Å². The third-order valence-electron chi connectivity index (χ3n) is 6.64. The number of hydrogen-bond acceptors (Lipinski definition) is 13. The zero-order valence-electron chi connectivity index (χ0n) is 23.5. The van der Waals surface area contributed by atoms with Gasteiger partial charge in [-0.2, -0.15) is 0 Å². The van der Waals surface area contributed by atoms with Crippen molar-refractivity contribution >= 4 is 57.9 Å². The van der Waals surface area contributed by atoms with E-state index in [1.54, 1.807) is 42.5 Å². The summed E-state index contributed by atoms with van der Waals surface area (Å²) in [6.07, 6.45) is -7.52. The molecule has 5 atom stereocenters. The molecule has 226 valence electrons. The van der Waals surface area contributed by atoms with E-state index >= 15 is 0 Å². The van der Waals surface area contributed by atoms with Gasteiger partial charge in [-0.25, -0.2) is 9.78 Å². The Labute approximate surface area is 250 Å². The molecule has 0 saturated carbocycles. The number of esters is 4. The number of pyridine rings is 1. The lowest BCUT2D eigenvalue weighted by Crippen LogP contribution is -2.66. The number of carbonyl (C=O) groups excluding carboxylic acids is 4. The minimum absolute atomic E-state index is 0.00161. The number of anilines is 2. The molecule has 3 heterocycles. The van der Waals surface area contributed by atoms with Gasteiger partial charge < -0.3 is 33.2 Å². The number of para-hydroxylation sites is 1. The molecule has 14 heteroatoms. The van der Waals surface area contributed by atoms with Crippen molar-refractivity contribution < 1.29 is 52.3 Å². The molecule has 0 unspecified atom stereocenters. The van der Waals surface area contributed by atoms with Gasteiger partial charge in [0.15, 0.2) is 42.1 Å². The summed E-state index contributed by atoms with van der Waals surface area (Å²) >= 11 is 6.49. The van der Waals surface area contributed by atoms with E-state index in [0.29, 0.717) is 27.7 Å². The smallest absolute Gasteiger partial charge is 0.339 e. The summed E-state index contributed by atoms with van der Waals surface area (Å²) in [7, 11) is 1.12. The van der Waals surface area contributed by atoms with Crippen molar-refractivity contribution in [3.63, 3.8) is 0 Å². The van der Waals surface area contributed by atoms with Gasteiger partial charge in [0.25, 0.3) is 0 Å². The Balaban J connectivity index is 1.73. The molecule has 0 N–H and O–H groups in total. The fourth-order valence-electron chi connectivity index (χ4n) is 4.98. The molecule has 0 spiro atoms. The standard InChI is InChI=1S/C29H27ClN2O11/c1-14(33)40-24-25(41-15(2)34)27(29(36)37-4)43-28(26(24)42-16(3)35)32(18-9-10-20-21(12-18)39-13-38-20)22-11-8-17-6-5-7-19(30)23(17)31-22/h5-12,24-28H,13H2,1-4H3/t24-,25-,26+,27-,28+/m0/s1. The number of methoxy groups -OCH3 is 1. The van der Waals surface area contributed by atoms with E-state index in [2.05, 4.69) is 0 Å². The Morgan fingerprint density at radius 3 is 2.23 bits per heavy atom. The van der Waals surface area contributed by atoms with Gasteiger partial charge in [-0.05, 0) is 30.3 Å². The number of aromatic nitrogens is 1. The van der Waals surface area contributed by atoms with Gasteiger partial charge >= 0.3 is 23.9 Å². The normalized spacial score (nSPS) is 22.4. The Kier molecular flexibility index (Phi) is 8.55. The Morgan fingerprint density at radius 2 is 1.53 bits per heavy atom. The van der Waals surface area contributed by atoms with Crippen LogP contribution < -0.4 is 14.4 Å². The van der Waals surface area contributed by atoms with E-state index in [1.165, 1.54) is 4.90 Å². The first-order valence-corrected chi connectivity index (χ1v) is 13.4. The molecular weight excluding hydrogens is 588 g/mol. The molecule has 0 radical (unpaired) electrons. The molecule has 13 nitrogen and oxygen atoms in total. The number of benzene rings is 2. The topological polar surface area (TPSA) is 149 Å². The van der Waals surface area contributed by atoms with Crippen molar-refractivity contribution in [3.8, 4) is 11.5 Å². The Hall–Kier alpha value is -4.62. The number of halogens is 1. The summed E-state index contributed by atoms with van der Waals surface area (Å²) in [5, 5.41) is 1.11. The minimum Gasteiger partial charge on any atom is -0.467 e. The summed E-state index contributed by atoms with van der Waals surface area (Å²) in [5.74, 6) is -2.17. The average Bonchev–Trinajstić information content (AvgIpc) is 3.43. The second-order valence-corrected chi connectivity index (χ2v) is 9.99. The molecule has 0 bridgehead atoms. The maximum absolute atomic E-state index is 13.1. The van der Waals surface area contributed by atoms with Crippen LogP contribution in [0.15, 0.2) is 48.5 Å². The van der Waals surface area contributed by atoms with Gasteiger partial charge in [0.1, 0.15) is 5.82 Å². The van der Waals surface area contributed by atoms with Gasteiger partial charge in [-0.15, -0.1) is 0 Å². The molecule has 1 aromatic heterocycles. The number of fused-ring (bicyclic) bond motifs is 2. The predicted molar refractivity (Wildman–Crippen MR) is 149 cm³/mol. The van der Waals surface area contributed by atoms with Crippen molar-refractivity contribution in [3.05, 3.63) is 53.6 Å². The lowest BCUT2D eigenvalue weighted by molar-refractivity contribution is -0.247. The van der Waals surface area contributed by atoms with Crippen LogP contribution >= 0.6 is 11.6 Å². The molecular formula is C29H27ClN2O11. The highest BCUT2D eigenvalue weighted by Gasteiger charge is 2.56. The lowest BCUT2D eigenvalue weighted by atomic mass is 9.95. The van der Waals surface area contributed by atoms with Gasteiger partial charge in [0, 0.05) is 37.9 Å². The lowest BCUT2D eigenvalue weighted by Gasteiger charge is -2.47. The van der Waals surface area contributed by atoms with E-state index in [9.17, 15) is 19.2 Å². The molecule has 43 heavy (non-hydrogen) atoms. The molecule has 2 aliphatic rings. The molecule has 0 amide bonds. The van der Waals surface area contributed by atoms with Crippen LogP contribution in [0.25, 0.3) is 10.9 Å². The Bertz CT molecular complexity index is 1580. The zero-order valence-corrected chi connectivity index (χ0v) is 24.2. The van der Waals surface area contributed by atoms with Crippen LogP contribution in [0.5, 0.6) is 11.5 Å². The molecule has 1 fully saturated rings. The Morgan fingerprint density at radius 1 is 0.860 bits per heavy atom. The number of hydrogen-bond donors (Lipinski definition) is 0. The number of nitrogens with zero attached hydrogens (tertiary/aromatic N) is 2. The highest BCUT2D eigenvalue weighted by Crippen LogP contribution is 2.42. The van der Waals surface area contributed by atoms with Crippen LogP contribution in [0, 0.1) is 0 Å². The van der Waals surface area contributed by atoms with Gasteiger partial charge in [-0.3, -0.25) is 19.3 Å². The summed E-state index contributed by atoms with van der Waals surface area (Å²) < 4.78 is 38.9. The highest BCUT2D eigenvalue weighted by atomic mass is 35.5. The molecule has 0 aliphatic carbocycles. The first-order chi connectivity index (χ1) is 20.6. The molecule has 2 aromatic carbocycles. The minimum atomic E-state index is -1.62. The van der Waals surface area contributed by atoms with Crippen LogP contribution in [-0.2, 0) is 42.9 Å². The first kappa shape index (κ1) is 29.9. The quantitative estimate of drug-likeness (QED) is 0.283. The maximum Gasteiger partial charge on any atom is 0.339 e. The van der Waals surface area contributed by atoms with Crippen LogP contribution in [0.2, 0.25) is 5.02 Å². The van der Waals surface area contributed by atoms with E-state index in [-0.39, 0.29) is 12.6 Å². The SMILES string of the molecule is COC(=O)[C@H]1O[C@@H](N(c2ccc3c(c2)OCO3)c2ccc3cccc(Cl)c3n2)[C@H](OC(C)=O)[C@@H](OC(C)=O)[C@@H]1OC(C)=O. The van der Waals surface area contributed by atoms with Crippen molar-refractivity contribution in [1.29, 1.82) is 0 Å². The van der Waals surface area contributed by atoms with Crippen LogP contribution in [-0.4, -0.2) is 73.4 Å². The molecule has 3 aromatic rings. The van der Waals surface area contributed by atoms with E-state index in [4.69, 9.17) is 49.7 Å². The van der Waals surface area contributed by atoms with Crippen LogP contribution in [0.3, 0.4) is 0 Å². The van der Waals surface area contributed by atoms with E-state index < -0.39 is 54.5 Å². The number of rotatable bonds is 7. The van der Waals surface area contributed by atoms with Crippen molar-refractivity contribution in [1.82, 2.24) is 4.98 Å². The van der Waals surface area contributed by atoms with Gasteiger partial charge in [-0.1, -0.05) is 23.7 Å². The summed E-state index contributed by atoms with van der Waals surface area (Å²) in [6, 6.07) is 13.7. The second kappa shape index (κ2) is 12.3. The van der Waals surface area contributed by atoms with Crippen LogP contribution in [0.4, 0.5) is 11.5 Å². The summed E-state index contributed by atoms with van der Waals surface area (Å²) in [5.41, 5.74) is 0.854. The zero-order chi connectivity index (χ0) is 30.8. The molecule has 5 rings (SSSR count). The van der Waals surface area contributed by atoms with Crippen LogP contribution in [0.1, 0.15) is 20.8 Å². The molecule has 2 aliphatic heterocycles. The third-order valence-corrected chi connectivity index (χ3v) is 6.95. The highest BCUT2D eigenvalue weighted by molar-refractivity contribution is 6.35. The summed E-state index contributed by atoms with van der Waals surface area (Å²) in [4.78, 5) is 56.2. The van der Waals surface area contributed by atoms with Gasteiger partial charge in [0.05, 0.1) is 17.6 Å². The average molecular weight is 615 g/mol. The molecule has 1 saturated heterocycles. The van der Waals surface area contributed by atoms with Crippen molar-refractivity contribution in [2.75, 3.05) is 18.8 Å². The first-order valence-electron chi connectivity index (χ1n) is 13.1.